The van der Waals surface area contributed by atoms with Crippen LogP contribution in [0.25, 0.3) is 0 Å². The van der Waals surface area contributed by atoms with Crippen molar-refractivity contribution in [2.24, 2.45) is 5.41 Å². The third-order valence-electron chi connectivity index (χ3n) is 4.74. The van der Waals surface area contributed by atoms with E-state index in [1.807, 2.05) is 12.1 Å². The Morgan fingerprint density at radius 2 is 2.12 bits per heavy atom. The van der Waals surface area contributed by atoms with E-state index in [0.29, 0.717) is 12.5 Å². The number of fused-ring (bicyclic) bond motifs is 1. The first-order chi connectivity index (χ1) is 11.3. The van der Waals surface area contributed by atoms with Gasteiger partial charge in [-0.2, -0.15) is 0 Å². The molecule has 2 atom stereocenters. The molecule has 0 spiro atoms. The van der Waals surface area contributed by atoms with E-state index in [9.17, 15) is 0 Å². The number of benzene rings is 1. The molecule has 1 heterocycles. The van der Waals surface area contributed by atoms with E-state index < -0.39 is 0 Å². The first-order valence-electron chi connectivity index (χ1n) is 8.89. The summed E-state index contributed by atoms with van der Waals surface area (Å²) in [6.45, 7) is 12.4. The molecule has 0 saturated carbocycles. The molecule has 2 unspecified atom stereocenters. The molecule has 1 aromatic carbocycles. The van der Waals surface area contributed by atoms with Crippen molar-refractivity contribution in [3.05, 3.63) is 35.4 Å². The van der Waals surface area contributed by atoms with Gasteiger partial charge in [-0.25, -0.2) is 0 Å². The fraction of sp³-hybridized carbons (Fsp3) is 0.619. The predicted molar refractivity (Wildman–Crippen MR) is 99.1 cm³/mol. The van der Waals surface area contributed by atoms with Crippen LogP contribution >= 0.6 is 0 Å². The molecular formula is C21H32O3. The van der Waals surface area contributed by atoms with Crippen molar-refractivity contribution in [2.75, 3.05) is 20.3 Å². The highest BCUT2D eigenvalue weighted by atomic mass is 16.5. The van der Waals surface area contributed by atoms with Crippen molar-refractivity contribution in [2.45, 2.75) is 59.5 Å². The standard InChI is InChI=1S/C21H32O3/c1-15(7-10-20(22-6)21(3,4)5)11-12-23-17-8-9-18-16(2)14-24-19(18)13-17/h8-9,11,13,16,20H,7,10,12,14H2,1-6H3/b15-11+. The molecule has 0 aliphatic carbocycles. The number of ether oxygens (including phenoxy) is 3. The van der Waals surface area contributed by atoms with Crippen LogP contribution in [0, 0.1) is 5.41 Å². The van der Waals surface area contributed by atoms with Gasteiger partial charge in [0.2, 0.25) is 0 Å². The van der Waals surface area contributed by atoms with Crippen LogP contribution in [0.4, 0.5) is 0 Å². The minimum atomic E-state index is 0.174. The monoisotopic (exact) mass is 332 g/mol. The molecular weight excluding hydrogens is 300 g/mol. The van der Waals surface area contributed by atoms with Gasteiger partial charge in [-0.3, -0.25) is 0 Å². The van der Waals surface area contributed by atoms with Crippen LogP contribution in [0.2, 0.25) is 0 Å². The maximum Gasteiger partial charge on any atom is 0.126 e. The second kappa shape index (κ2) is 8.06. The lowest BCUT2D eigenvalue weighted by Crippen LogP contribution is -2.28. The lowest BCUT2D eigenvalue weighted by atomic mass is 9.85. The van der Waals surface area contributed by atoms with Crippen LogP contribution in [0.3, 0.4) is 0 Å². The molecule has 0 N–H and O–H groups in total. The highest BCUT2D eigenvalue weighted by Gasteiger charge is 2.23. The van der Waals surface area contributed by atoms with Gasteiger partial charge in [0.1, 0.15) is 18.1 Å². The van der Waals surface area contributed by atoms with Gasteiger partial charge in [0.15, 0.2) is 0 Å². The Morgan fingerprint density at radius 1 is 1.38 bits per heavy atom. The Balaban J connectivity index is 1.81. The first-order valence-corrected chi connectivity index (χ1v) is 8.89. The molecule has 0 saturated heterocycles. The topological polar surface area (TPSA) is 27.7 Å². The maximum absolute atomic E-state index is 5.85. The zero-order valence-electron chi connectivity index (χ0n) is 16.0. The number of hydrogen-bond acceptors (Lipinski definition) is 3. The summed E-state index contributed by atoms with van der Waals surface area (Å²) >= 11 is 0. The molecule has 0 amide bonds. The maximum atomic E-state index is 5.85. The van der Waals surface area contributed by atoms with E-state index in [2.05, 4.69) is 46.8 Å². The van der Waals surface area contributed by atoms with E-state index in [1.165, 1.54) is 11.1 Å². The fourth-order valence-electron chi connectivity index (χ4n) is 3.09. The smallest absolute Gasteiger partial charge is 0.126 e. The van der Waals surface area contributed by atoms with Gasteiger partial charge in [0.25, 0.3) is 0 Å². The van der Waals surface area contributed by atoms with Gasteiger partial charge in [0, 0.05) is 24.7 Å². The number of rotatable bonds is 7. The molecule has 3 heteroatoms. The third-order valence-corrected chi connectivity index (χ3v) is 4.74. The van der Waals surface area contributed by atoms with Gasteiger partial charge in [0.05, 0.1) is 12.7 Å². The molecule has 3 nitrogen and oxygen atoms in total. The van der Waals surface area contributed by atoms with Crippen LogP contribution in [0.5, 0.6) is 11.5 Å². The lowest BCUT2D eigenvalue weighted by Gasteiger charge is -2.29. The minimum absolute atomic E-state index is 0.174. The zero-order valence-corrected chi connectivity index (χ0v) is 16.0. The summed E-state index contributed by atoms with van der Waals surface area (Å²) in [5.41, 5.74) is 2.79. The average Bonchev–Trinajstić information content (AvgIpc) is 2.87. The minimum Gasteiger partial charge on any atom is -0.493 e. The SMILES string of the molecule is COC(CC/C(C)=C/COc1ccc2c(c1)OCC2C)C(C)(C)C. The van der Waals surface area contributed by atoms with Crippen LogP contribution < -0.4 is 9.47 Å². The molecule has 24 heavy (non-hydrogen) atoms. The average molecular weight is 332 g/mol. The van der Waals surface area contributed by atoms with E-state index in [0.717, 1.165) is 30.9 Å². The summed E-state index contributed by atoms with van der Waals surface area (Å²) in [6, 6.07) is 6.15. The second-order valence-corrected chi connectivity index (χ2v) is 7.90. The third kappa shape index (κ3) is 5.01. The first kappa shape index (κ1) is 18.9. The van der Waals surface area contributed by atoms with Gasteiger partial charge in [-0.05, 0) is 37.3 Å². The molecule has 1 aliphatic heterocycles. The highest BCUT2D eigenvalue weighted by molar-refractivity contribution is 5.45. The second-order valence-electron chi connectivity index (χ2n) is 7.90. The van der Waals surface area contributed by atoms with Crippen molar-refractivity contribution >= 4 is 0 Å². The zero-order chi connectivity index (χ0) is 17.7. The lowest BCUT2D eigenvalue weighted by molar-refractivity contribution is 0.0110. The largest absolute Gasteiger partial charge is 0.493 e. The summed E-state index contributed by atoms with van der Waals surface area (Å²) in [5.74, 6) is 2.32. The summed E-state index contributed by atoms with van der Waals surface area (Å²) < 4.78 is 17.1. The van der Waals surface area contributed by atoms with E-state index >= 15 is 0 Å². The molecule has 0 fully saturated rings. The quantitative estimate of drug-likeness (QED) is 0.630. The number of allylic oxidation sites excluding steroid dienone is 1. The van der Waals surface area contributed by atoms with Crippen LogP contribution in [0.15, 0.2) is 29.8 Å². The van der Waals surface area contributed by atoms with Crippen molar-refractivity contribution < 1.29 is 14.2 Å². The Labute approximate surface area is 147 Å². The Morgan fingerprint density at radius 3 is 2.79 bits per heavy atom. The normalized spacial score (nSPS) is 18.9. The Bertz CT molecular complexity index is 569. The van der Waals surface area contributed by atoms with Gasteiger partial charge in [-0.15, -0.1) is 0 Å². The van der Waals surface area contributed by atoms with Crippen LogP contribution in [-0.4, -0.2) is 26.4 Å². The molecule has 1 aromatic rings. The van der Waals surface area contributed by atoms with Crippen molar-refractivity contribution in [3.63, 3.8) is 0 Å². The van der Waals surface area contributed by atoms with Crippen molar-refractivity contribution in [3.8, 4) is 11.5 Å². The molecule has 0 aromatic heterocycles. The predicted octanol–water partition coefficient (Wildman–Crippen LogP) is 5.35. The summed E-state index contributed by atoms with van der Waals surface area (Å²) in [5, 5.41) is 0. The molecule has 0 bridgehead atoms. The van der Waals surface area contributed by atoms with Crippen molar-refractivity contribution in [1.29, 1.82) is 0 Å². The molecule has 134 valence electrons. The number of methoxy groups -OCH3 is 1. The van der Waals surface area contributed by atoms with E-state index in [-0.39, 0.29) is 11.5 Å². The molecule has 2 rings (SSSR count). The van der Waals surface area contributed by atoms with Crippen LogP contribution in [0.1, 0.15) is 58.9 Å². The van der Waals surface area contributed by atoms with Gasteiger partial charge >= 0.3 is 0 Å². The van der Waals surface area contributed by atoms with Gasteiger partial charge < -0.3 is 14.2 Å². The van der Waals surface area contributed by atoms with Crippen LogP contribution in [-0.2, 0) is 4.74 Å². The fourth-order valence-corrected chi connectivity index (χ4v) is 3.09. The Kier molecular flexibility index (Phi) is 6.34. The van der Waals surface area contributed by atoms with E-state index in [1.54, 1.807) is 7.11 Å². The molecule has 1 aliphatic rings. The van der Waals surface area contributed by atoms with Gasteiger partial charge in [-0.1, -0.05) is 39.3 Å². The van der Waals surface area contributed by atoms with Crippen molar-refractivity contribution in [1.82, 2.24) is 0 Å². The summed E-state index contributed by atoms with van der Waals surface area (Å²) in [4.78, 5) is 0. The Hall–Kier alpha value is -1.48. The summed E-state index contributed by atoms with van der Waals surface area (Å²) in [6.07, 6.45) is 4.50. The molecule has 0 radical (unpaired) electrons. The number of hydrogen-bond donors (Lipinski definition) is 0. The highest BCUT2D eigenvalue weighted by Crippen LogP contribution is 2.36. The summed E-state index contributed by atoms with van der Waals surface area (Å²) in [7, 11) is 1.80. The van der Waals surface area contributed by atoms with E-state index in [4.69, 9.17) is 14.2 Å².